The average Bonchev–Trinajstić information content (AvgIpc) is 2.93. The van der Waals surface area contributed by atoms with E-state index in [1.54, 1.807) is 25.3 Å². The molecule has 1 aliphatic rings. The second-order valence-corrected chi connectivity index (χ2v) is 9.78. The molecule has 0 radical (unpaired) electrons. The lowest BCUT2D eigenvalue weighted by Crippen LogP contribution is -2.52. The summed E-state index contributed by atoms with van der Waals surface area (Å²) in [6, 6.07) is 18.2. The first-order valence-corrected chi connectivity index (χ1v) is 12.8. The normalized spacial score (nSPS) is 15.9. The van der Waals surface area contributed by atoms with Crippen LogP contribution in [0.4, 0.5) is 11.4 Å². The highest BCUT2D eigenvalue weighted by atomic mass is 16.6. The van der Waals surface area contributed by atoms with Crippen LogP contribution in [-0.4, -0.2) is 59.3 Å². The number of aromatic nitrogens is 2. The molecule has 1 aromatic heterocycles. The van der Waals surface area contributed by atoms with Gasteiger partial charge in [0.05, 0.1) is 42.3 Å². The summed E-state index contributed by atoms with van der Waals surface area (Å²) in [5.41, 5.74) is 2.76. The number of piperazine rings is 1. The summed E-state index contributed by atoms with van der Waals surface area (Å²) >= 11 is 0. The summed E-state index contributed by atoms with van der Waals surface area (Å²) in [4.78, 5) is 34.3. The minimum atomic E-state index is -0.514. The Morgan fingerprint density at radius 1 is 1.03 bits per heavy atom. The Kier molecular flexibility index (Phi) is 7.21. The average molecular weight is 530 g/mol. The molecule has 0 aliphatic carbocycles. The highest BCUT2D eigenvalue weighted by Crippen LogP contribution is 2.29. The van der Waals surface area contributed by atoms with Crippen molar-refractivity contribution in [1.82, 2.24) is 14.5 Å². The number of nitrogens with zero attached hydrogens (tertiary/aromatic N) is 5. The first kappa shape index (κ1) is 26.2. The van der Waals surface area contributed by atoms with Gasteiger partial charge in [0.2, 0.25) is 0 Å². The van der Waals surface area contributed by atoms with Gasteiger partial charge < -0.3 is 14.4 Å². The second-order valence-electron chi connectivity index (χ2n) is 9.78. The van der Waals surface area contributed by atoms with Crippen LogP contribution in [0.1, 0.15) is 18.3 Å². The van der Waals surface area contributed by atoms with Crippen molar-refractivity contribution in [3.8, 4) is 17.2 Å². The predicted octanol–water partition coefficient (Wildman–Crippen LogP) is 4.33. The number of fused-ring (bicyclic) bond motifs is 1. The number of ether oxygens (including phenoxy) is 2. The molecule has 4 aromatic rings. The van der Waals surface area contributed by atoms with Gasteiger partial charge in [-0.2, -0.15) is 0 Å². The van der Waals surface area contributed by atoms with Gasteiger partial charge in [0.1, 0.15) is 17.3 Å². The zero-order chi connectivity index (χ0) is 27.7. The molecule has 3 aromatic carbocycles. The number of hydrogen-bond acceptors (Lipinski definition) is 8. The zero-order valence-electron chi connectivity index (χ0n) is 22.5. The van der Waals surface area contributed by atoms with Crippen LogP contribution in [0.25, 0.3) is 16.6 Å². The lowest BCUT2D eigenvalue weighted by molar-refractivity contribution is -0.384. The molecule has 0 amide bonds. The molecule has 1 unspecified atom stereocenters. The fourth-order valence-corrected chi connectivity index (χ4v) is 5.15. The van der Waals surface area contributed by atoms with Gasteiger partial charge in [-0.25, -0.2) is 4.98 Å². The quantitative estimate of drug-likeness (QED) is 0.258. The van der Waals surface area contributed by atoms with E-state index < -0.39 is 10.5 Å². The summed E-state index contributed by atoms with van der Waals surface area (Å²) < 4.78 is 12.4. The first-order chi connectivity index (χ1) is 18.8. The fraction of sp³-hybridized carbons (Fsp3) is 0.310. The number of nitro groups is 1. The largest absolute Gasteiger partial charge is 0.497 e. The van der Waals surface area contributed by atoms with E-state index in [1.807, 2.05) is 0 Å². The van der Waals surface area contributed by atoms with Crippen molar-refractivity contribution in [2.75, 3.05) is 38.8 Å². The molecule has 2 heterocycles. The zero-order valence-corrected chi connectivity index (χ0v) is 22.5. The van der Waals surface area contributed by atoms with E-state index in [-0.39, 0.29) is 17.1 Å². The molecule has 0 saturated carbocycles. The number of aryl methyl sites for hydroxylation is 1. The Hall–Kier alpha value is -4.44. The lowest BCUT2D eigenvalue weighted by Gasteiger charge is -2.41. The van der Waals surface area contributed by atoms with Crippen LogP contribution < -0.4 is 19.9 Å². The Labute approximate surface area is 226 Å². The monoisotopic (exact) mass is 529 g/mol. The number of nitro benzene ring substituents is 1. The number of methoxy groups -OCH3 is 2. The van der Waals surface area contributed by atoms with Crippen LogP contribution in [0.3, 0.4) is 0 Å². The number of benzene rings is 3. The van der Waals surface area contributed by atoms with Crippen molar-refractivity contribution in [2.45, 2.75) is 26.4 Å². The Morgan fingerprint density at radius 3 is 2.46 bits per heavy atom. The van der Waals surface area contributed by atoms with Crippen LogP contribution in [-0.2, 0) is 6.54 Å². The maximum Gasteiger partial charge on any atom is 0.270 e. The summed E-state index contributed by atoms with van der Waals surface area (Å²) in [5, 5.41) is 11.6. The minimum absolute atomic E-state index is 0.163. The molecule has 39 heavy (non-hydrogen) atoms. The highest BCUT2D eigenvalue weighted by Gasteiger charge is 2.26. The number of non-ortho nitro benzene ring substituents is 1. The molecule has 1 saturated heterocycles. The van der Waals surface area contributed by atoms with E-state index in [4.69, 9.17) is 14.5 Å². The van der Waals surface area contributed by atoms with Crippen LogP contribution in [0.15, 0.2) is 65.5 Å². The van der Waals surface area contributed by atoms with Crippen LogP contribution in [0, 0.1) is 17.0 Å². The fourth-order valence-electron chi connectivity index (χ4n) is 5.15. The van der Waals surface area contributed by atoms with E-state index in [9.17, 15) is 14.9 Å². The van der Waals surface area contributed by atoms with Crippen LogP contribution in [0.2, 0.25) is 0 Å². The Balaban J connectivity index is 1.55. The molecule has 1 fully saturated rings. The summed E-state index contributed by atoms with van der Waals surface area (Å²) in [7, 11) is 3.08. The SMILES string of the molecule is COc1ccc(-n2c(CN3CCN(c4ccc(C)cc4)C(C)C3)nc3ccc([N+](=O)[O-])cc3c2=O)c(OC)c1. The number of rotatable bonds is 7. The maximum absolute atomic E-state index is 13.9. The highest BCUT2D eigenvalue weighted by molar-refractivity contribution is 5.80. The molecule has 0 bridgehead atoms. The van der Waals surface area contributed by atoms with E-state index >= 15 is 0 Å². The molecule has 10 heteroatoms. The van der Waals surface area contributed by atoms with Gasteiger partial charge in [0.25, 0.3) is 11.2 Å². The molecule has 1 atom stereocenters. The van der Waals surface area contributed by atoms with E-state index in [0.717, 1.165) is 19.6 Å². The second kappa shape index (κ2) is 10.7. The standard InChI is InChI=1S/C29H31N5O5/c1-19-5-7-21(8-6-19)32-14-13-31(17-20(32)2)18-28-30-25-11-9-22(34(36)37)15-24(25)29(35)33(28)26-12-10-23(38-3)16-27(26)39-4/h5-12,15-16,20H,13-14,17-18H2,1-4H3. The molecular weight excluding hydrogens is 498 g/mol. The summed E-state index contributed by atoms with van der Waals surface area (Å²) in [6.45, 7) is 7.09. The molecular formula is C29H31N5O5. The Bertz CT molecular complexity index is 1580. The van der Waals surface area contributed by atoms with Crippen molar-refractivity contribution in [3.63, 3.8) is 0 Å². The van der Waals surface area contributed by atoms with Crippen molar-refractivity contribution >= 4 is 22.3 Å². The molecule has 202 valence electrons. The topological polar surface area (TPSA) is 103 Å². The molecule has 0 spiro atoms. The minimum Gasteiger partial charge on any atom is -0.497 e. The van der Waals surface area contributed by atoms with Gasteiger partial charge in [-0.05, 0) is 44.2 Å². The van der Waals surface area contributed by atoms with Gasteiger partial charge in [-0.3, -0.25) is 24.4 Å². The van der Waals surface area contributed by atoms with Gasteiger partial charge in [-0.15, -0.1) is 0 Å². The maximum atomic E-state index is 13.9. The number of anilines is 1. The van der Waals surface area contributed by atoms with Crippen molar-refractivity contribution in [3.05, 3.63) is 92.5 Å². The summed E-state index contributed by atoms with van der Waals surface area (Å²) in [6.07, 6.45) is 0. The molecule has 1 aliphatic heterocycles. The van der Waals surface area contributed by atoms with E-state index in [0.29, 0.717) is 35.1 Å². The van der Waals surface area contributed by atoms with Crippen LogP contribution in [0.5, 0.6) is 11.5 Å². The van der Waals surface area contributed by atoms with Crippen molar-refractivity contribution in [2.24, 2.45) is 0 Å². The summed E-state index contributed by atoms with van der Waals surface area (Å²) in [5.74, 6) is 1.54. The third kappa shape index (κ3) is 5.15. The van der Waals surface area contributed by atoms with E-state index in [1.165, 1.54) is 41.1 Å². The molecule has 5 rings (SSSR count). The molecule has 0 N–H and O–H groups in total. The van der Waals surface area contributed by atoms with Gasteiger partial charge in [0, 0.05) is 49.6 Å². The van der Waals surface area contributed by atoms with E-state index in [2.05, 4.69) is 47.9 Å². The van der Waals surface area contributed by atoms with Crippen LogP contribution >= 0.6 is 0 Å². The third-order valence-electron chi connectivity index (χ3n) is 7.20. The Morgan fingerprint density at radius 2 is 1.79 bits per heavy atom. The smallest absolute Gasteiger partial charge is 0.270 e. The van der Waals surface area contributed by atoms with Gasteiger partial charge in [0.15, 0.2) is 0 Å². The first-order valence-electron chi connectivity index (χ1n) is 12.8. The number of hydrogen-bond donors (Lipinski definition) is 0. The van der Waals surface area contributed by atoms with Crippen molar-refractivity contribution < 1.29 is 14.4 Å². The van der Waals surface area contributed by atoms with Crippen molar-refractivity contribution in [1.29, 1.82) is 0 Å². The van der Waals surface area contributed by atoms with Gasteiger partial charge >= 0.3 is 0 Å². The molecule has 10 nitrogen and oxygen atoms in total. The lowest BCUT2D eigenvalue weighted by atomic mass is 10.1. The predicted molar refractivity (Wildman–Crippen MR) is 150 cm³/mol. The third-order valence-corrected chi connectivity index (χ3v) is 7.20. The van der Waals surface area contributed by atoms with Gasteiger partial charge in [-0.1, -0.05) is 17.7 Å².